The average Bonchev–Trinajstić information content (AvgIpc) is 2.87. The molecule has 0 saturated carbocycles. The van der Waals surface area contributed by atoms with Crippen molar-refractivity contribution in [3.8, 4) is 28.4 Å². The Morgan fingerprint density at radius 1 is 0.568 bits per heavy atom. The van der Waals surface area contributed by atoms with Crippen LogP contribution >= 0.6 is 0 Å². The number of hydrogen-bond acceptors (Lipinski definition) is 3. The van der Waals surface area contributed by atoms with E-state index < -0.39 is 48.2 Å². The van der Waals surface area contributed by atoms with E-state index in [-0.39, 0.29) is 16.9 Å². The zero-order valence-corrected chi connectivity index (χ0v) is 19.1. The molecule has 0 aromatic heterocycles. The van der Waals surface area contributed by atoms with Gasteiger partial charge >= 0.3 is 12.4 Å². The Hall–Kier alpha value is -4.14. The Morgan fingerprint density at radius 3 is 1.59 bits per heavy atom. The van der Waals surface area contributed by atoms with Gasteiger partial charge in [-0.3, -0.25) is 0 Å². The summed E-state index contributed by atoms with van der Waals surface area (Å²) in [5.41, 5.74) is -0.494. The van der Waals surface area contributed by atoms with Crippen LogP contribution in [0.1, 0.15) is 22.3 Å². The first-order valence-electron chi connectivity index (χ1n) is 11.0. The van der Waals surface area contributed by atoms with Gasteiger partial charge in [-0.1, -0.05) is 66.7 Å². The fourth-order valence-electron chi connectivity index (χ4n) is 3.79. The third-order valence-electron chi connectivity index (χ3n) is 5.59. The van der Waals surface area contributed by atoms with Crippen LogP contribution in [0.3, 0.4) is 0 Å². The van der Waals surface area contributed by atoms with Gasteiger partial charge in [-0.25, -0.2) is 0 Å². The molecule has 3 nitrogen and oxygen atoms in total. The largest absolute Gasteiger partial charge is 0.507 e. The minimum atomic E-state index is -4.65. The average molecular weight is 518 g/mol. The number of alkyl halides is 6. The summed E-state index contributed by atoms with van der Waals surface area (Å²) in [6, 6.07) is 21.2. The number of ether oxygens (including phenoxy) is 2. The molecule has 37 heavy (non-hydrogen) atoms. The lowest BCUT2D eigenvalue weighted by Gasteiger charge is -2.19. The maximum atomic E-state index is 13.4. The molecule has 9 heteroatoms. The van der Waals surface area contributed by atoms with Crippen molar-refractivity contribution in [1.29, 1.82) is 0 Å². The lowest BCUT2D eigenvalue weighted by atomic mass is 9.96. The molecule has 4 aromatic carbocycles. The Bertz CT molecular complexity index is 1360. The number of rotatable bonds is 7. The highest BCUT2D eigenvalue weighted by Crippen LogP contribution is 2.40. The van der Waals surface area contributed by atoms with E-state index >= 15 is 0 Å². The van der Waals surface area contributed by atoms with Gasteiger partial charge in [0, 0.05) is 11.1 Å². The normalized spacial score (nSPS) is 11.8. The molecule has 0 fully saturated rings. The second-order valence-corrected chi connectivity index (χ2v) is 8.03. The molecule has 1 N–H and O–H groups in total. The fraction of sp³-hybridized carbons (Fsp3) is 0.143. The van der Waals surface area contributed by atoms with Gasteiger partial charge in [0.05, 0.1) is 11.1 Å². The van der Waals surface area contributed by atoms with Crippen molar-refractivity contribution in [2.45, 2.75) is 25.6 Å². The first-order valence-corrected chi connectivity index (χ1v) is 11.0. The molecule has 0 aliphatic carbocycles. The third-order valence-corrected chi connectivity index (χ3v) is 5.59. The summed E-state index contributed by atoms with van der Waals surface area (Å²) in [6.07, 6.45) is -9.29. The molecule has 0 heterocycles. The van der Waals surface area contributed by atoms with E-state index in [9.17, 15) is 31.4 Å². The molecule has 0 saturated heterocycles. The molecule has 192 valence electrons. The van der Waals surface area contributed by atoms with Crippen molar-refractivity contribution >= 4 is 0 Å². The van der Waals surface area contributed by atoms with E-state index in [1.165, 1.54) is 36.4 Å². The predicted octanol–water partition coefficient (Wildman–Crippen LogP) is 8.25. The van der Waals surface area contributed by atoms with E-state index in [4.69, 9.17) is 9.47 Å². The number of halogens is 6. The molecule has 0 unspecified atom stereocenters. The van der Waals surface area contributed by atoms with E-state index in [2.05, 4.69) is 0 Å². The van der Waals surface area contributed by atoms with E-state index in [0.29, 0.717) is 11.1 Å². The van der Waals surface area contributed by atoms with E-state index in [1.54, 1.807) is 36.4 Å². The second-order valence-electron chi connectivity index (χ2n) is 8.03. The smallest absolute Gasteiger partial charge is 0.419 e. The molecule has 0 bridgehead atoms. The molecule has 0 aliphatic heterocycles. The molecule has 4 aromatic rings. The number of phenols is 1. The fourth-order valence-corrected chi connectivity index (χ4v) is 3.79. The van der Waals surface area contributed by atoms with Crippen molar-refractivity contribution in [3.63, 3.8) is 0 Å². The topological polar surface area (TPSA) is 38.7 Å². The van der Waals surface area contributed by atoms with Gasteiger partial charge in [0.25, 0.3) is 0 Å². The minimum Gasteiger partial charge on any atom is -0.507 e. The zero-order valence-electron chi connectivity index (χ0n) is 19.1. The highest BCUT2D eigenvalue weighted by Gasteiger charge is 2.35. The quantitative estimate of drug-likeness (QED) is 0.250. The van der Waals surface area contributed by atoms with E-state index in [0.717, 1.165) is 18.2 Å². The van der Waals surface area contributed by atoms with Crippen LogP contribution in [-0.4, -0.2) is 5.11 Å². The van der Waals surface area contributed by atoms with Crippen LogP contribution in [0.2, 0.25) is 0 Å². The van der Waals surface area contributed by atoms with Crippen LogP contribution in [0, 0.1) is 0 Å². The molecular weight excluding hydrogens is 498 g/mol. The maximum absolute atomic E-state index is 13.4. The molecular formula is C28H20F6O3. The first kappa shape index (κ1) is 25.9. The van der Waals surface area contributed by atoms with Crippen LogP contribution in [0.15, 0.2) is 91.0 Å². The van der Waals surface area contributed by atoms with Crippen LogP contribution < -0.4 is 9.47 Å². The molecule has 0 atom stereocenters. The Labute approximate surface area is 208 Å². The molecule has 0 aliphatic rings. The summed E-state index contributed by atoms with van der Waals surface area (Å²) in [5, 5.41) is 11.0. The number of hydrogen-bond donors (Lipinski definition) is 1. The predicted molar refractivity (Wildman–Crippen MR) is 125 cm³/mol. The SMILES string of the molecule is Oc1c(COc2ccccc2C(F)(F)F)ccc(-c2ccccc2)c1COc1ccccc1C(F)(F)F. The summed E-state index contributed by atoms with van der Waals surface area (Å²) in [5.74, 6) is -1.19. The number of aromatic hydroxyl groups is 1. The van der Waals surface area contributed by atoms with Crippen LogP contribution in [-0.2, 0) is 25.6 Å². The van der Waals surface area contributed by atoms with Gasteiger partial charge < -0.3 is 14.6 Å². The molecule has 0 spiro atoms. The second kappa shape index (κ2) is 10.5. The molecule has 4 rings (SSSR count). The minimum absolute atomic E-state index is 0.138. The molecule has 0 radical (unpaired) electrons. The molecule has 0 amide bonds. The zero-order chi connectivity index (χ0) is 26.6. The van der Waals surface area contributed by atoms with Gasteiger partial charge in [0.2, 0.25) is 0 Å². The number of para-hydroxylation sites is 2. The number of benzene rings is 4. The summed E-state index contributed by atoms with van der Waals surface area (Å²) in [7, 11) is 0. The lowest BCUT2D eigenvalue weighted by Crippen LogP contribution is -2.10. The van der Waals surface area contributed by atoms with Crippen LogP contribution in [0.5, 0.6) is 17.2 Å². The Balaban J connectivity index is 1.68. The first-order chi connectivity index (χ1) is 17.6. The monoisotopic (exact) mass is 518 g/mol. The Kier molecular flexibility index (Phi) is 7.33. The van der Waals surface area contributed by atoms with Gasteiger partial charge in [0.1, 0.15) is 30.5 Å². The third kappa shape index (κ3) is 5.99. The standard InChI is InChI=1S/C28H20F6O3/c29-27(30,31)22-10-4-6-12-24(22)36-16-19-14-15-20(18-8-2-1-3-9-18)21(26(19)35)17-37-25-13-7-5-11-23(25)28(32,33)34/h1-15,35H,16-17H2. The summed E-state index contributed by atoms with van der Waals surface area (Å²) < 4.78 is 91.1. The number of phenolic OH excluding ortho intramolecular Hbond substituents is 1. The Morgan fingerprint density at radius 2 is 1.05 bits per heavy atom. The van der Waals surface area contributed by atoms with Gasteiger partial charge in [-0.2, -0.15) is 26.3 Å². The maximum Gasteiger partial charge on any atom is 0.419 e. The van der Waals surface area contributed by atoms with Crippen LogP contribution in [0.25, 0.3) is 11.1 Å². The van der Waals surface area contributed by atoms with Crippen molar-refractivity contribution in [2.24, 2.45) is 0 Å². The summed E-state index contributed by atoms with van der Waals surface area (Å²) in [4.78, 5) is 0. The van der Waals surface area contributed by atoms with Crippen LogP contribution in [0.4, 0.5) is 26.3 Å². The summed E-state index contributed by atoms with van der Waals surface area (Å²) in [6.45, 7) is -0.851. The van der Waals surface area contributed by atoms with Crippen molar-refractivity contribution < 1.29 is 40.9 Å². The lowest BCUT2D eigenvalue weighted by molar-refractivity contribution is -0.139. The van der Waals surface area contributed by atoms with Gasteiger partial charge in [-0.15, -0.1) is 0 Å². The van der Waals surface area contributed by atoms with Gasteiger partial charge in [-0.05, 0) is 35.4 Å². The highest BCUT2D eigenvalue weighted by atomic mass is 19.4. The van der Waals surface area contributed by atoms with Gasteiger partial charge in [0.15, 0.2) is 0 Å². The van der Waals surface area contributed by atoms with Crippen molar-refractivity contribution in [1.82, 2.24) is 0 Å². The van der Waals surface area contributed by atoms with E-state index in [1.807, 2.05) is 0 Å². The highest BCUT2D eigenvalue weighted by molar-refractivity contribution is 5.71. The summed E-state index contributed by atoms with van der Waals surface area (Å²) >= 11 is 0. The van der Waals surface area contributed by atoms with Crippen molar-refractivity contribution in [2.75, 3.05) is 0 Å². The van der Waals surface area contributed by atoms with Crippen molar-refractivity contribution in [3.05, 3.63) is 113 Å².